The van der Waals surface area contributed by atoms with Gasteiger partial charge in [-0.15, -0.1) is 0 Å². The molecule has 1 fully saturated rings. The molecular formula is C24H34N2O4. The highest BCUT2D eigenvalue weighted by Crippen LogP contribution is 2.37. The second-order valence-electron chi connectivity index (χ2n) is 9.05. The zero-order chi connectivity index (χ0) is 21.7. The minimum atomic E-state index is -0.804. The van der Waals surface area contributed by atoms with E-state index in [9.17, 15) is 9.59 Å². The van der Waals surface area contributed by atoms with Crippen LogP contribution in [0.2, 0.25) is 0 Å². The SMILES string of the molecule is CCOC(=O)[C@@H](Cc1c(C2CCCCC2)[nH]c2ccccc12)NC(=O)OC(C)(C)C. The monoisotopic (exact) mass is 414 g/mol. The van der Waals surface area contributed by atoms with Crippen molar-refractivity contribution in [2.45, 2.75) is 83.8 Å². The summed E-state index contributed by atoms with van der Waals surface area (Å²) in [6.45, 7) is 7.42. The van der Waals surface area contributed by atoms with Gasteiger partial charge in [0.2, 0.25) is 0 Å². The number of benzene rings is 1. The summed E-state index contributed by atoms with van der Waals surface area (Å²) in [5.41, 5.74) is 2.70. The second-order valence-corrected chi connectivity index (χ2v) is 9.05. The average molecular weight is 415 g/mol. The Bertz CT molecular complexity index is 875. The molecule has 1 aliphatic carbocycles. The molecule has 6 heteroatoms. The zero-order valence-electron chi connectivity index (χ0n) is 18.5. The maximum atomic E-state index is 12.7. The number of rotatable bonds is 6. The van der Waals surface area contributed by atoms with E-state index in [0.29, 0.717) is 12.3 Å². The number of para-hydroxylation sites is 1. The minimum Gasteiger partial charge on any atom is -0.464 e. The van der Waals surface area contributed by atoms with Crippen LogP contribution in [0.3, 0.4) is 0 Å². The molecule has 164 valence electrons. The lowest BCUT2D eigenvalue weighted by Crippen LogP contribution is -2.45. The van der Waals surface area contributed by atoms with Gasteiger partial charge in [0.1, 0.15) is 11.6 Å². The topological polar surface area (TPSA) is 80.4 Å². The summed E-state index contributed by atoms with van der Waals surface area (Å²) in [6.07, 6.45) is 5.76. The van der Waals surface area contributed by atoms with Crippen molar-refractivity contribution >= 4 is 23.0 Å². The lowest BCUT2D eigenvalue weighted by atomic mass is 9.84. The number of alkyl carbamates (subject to hydrolysis) is 1. The van der Waals surface area contributed by atoms with Crippen LogP contribution in [0.5, 0.6) is 0 Å². The number of carbonyl (C=O) groups excluding carboxylic acids is 2. The predicted molar refractivity (Wildman–Crippen MR) is 118 cm³/mol. The van der Waals surface area contributed by atoms with E-state index >= 15 is 0 Å². The van der Waals surface area contributed by atoms with Crippen molar-refractivity contribution in [1.29, 1.82) is 0 Å². The van der Waals surface area contributed by atoms with Gasteiger partial charge >= 0.3 is 12.1 Å². The molecule has 0 saturated heterocycles. The largest absolute Gasteiger partial charge is 0.464 e. The number of H-pyrrole nitrogens is 1. The Morgan fingerprint density at radius 2 is 1.87 bits per heavy atom. The summed E-state index contributed by atoms with van der Waals surface area (Å²) >= 11 is 0. The number of amides is 1. The Balaban J connectivity index is 1.92. The number of hydrogen-bond acceptors (Lipinski definition) is 4. The Morgan fingerprint density at radius 3 is 2.53 bits per heavy atom. The average Bonchev–Trinajstić information content (AvgIpc) is 3.05. The van der Waals surface area contributed by atoms with Crippen LogP contribution in [0.4, 0.5) is 4.79 Å². The highest BCUT2D eigenvalue weighted by Gasteiger charge is 2.29. The zero-order valence-corrected chi connectivity index (χ0v) is 18.5. The van der Waals surface area contributed by atoms with Crippen LogP contribution >= 0.6 is 0 Å². The molecule has 1 amide bonds. The van der Waals surface area contributed by atoms with Crippen LogP contribution < -0.4 is 5.32 Å². The van der Waals surface area contributed by atoms with E-state index in [2.05, 4.69) is 22.4 Å². The molecular weight excluding hydrogens is 380 g/mol. The smallest absolute Gasteiger partial charge is 0.408 e. The van der Waals surface area contributed by atoms with Crippen molar-refractivity contribution in [3.05, 3.63) is 35.5 Å². The molecule has 2 N–H and O–H groups in total. The van der Waals surface area contributed by atoms with Crippen molar-refractivity contribution in [2.24, 2.45) is 0 Å². The molecule has 1 aliphatic rings. The maximum Gasteiger partial charge on any atom is 0.408 e. The third-order valence-electron chi connectivity index (χ3n) is 5.53. The van der Waals surface area contributed by atoms with E-state index in [4.69, 9.17) is 9.47 Å². The Labute approximate surface area is 178 Å². The number of hydrogen-bond donors (Lipinski definition) is 2. The molecule has 6 nitrogen and oxygen atoms in total. The molecule has 0 aliphatic heterocycles. The number of ether oxygens (including phenoxy) is 2. The Hall–Kier alpha value is -2.50. The van der Waals surface area contributed by atoms with Crippen LogP contribution in [0.15, 0.2) is 24.3 Å². The van der Waals surface area contributed by atoms with Crippen molar-refractivity contribution in [3.63, 3.8) is 0 Å². The molecule has 0 bridgehead atoms. The van der Waals surface area contributed by atoms with Gasteiger partial charge < -0.3 is 19.8 Å². The standard InChI is InChI=1S/C24H34N2O4/c1-5-29-22(27)20(26-23(28)30-24(2,3)4)15-18-17-13-9-10-14-19(17)25-21(18)16-11-7-6-8-12-16/h9-10,13-14,16,20,25H,5-8,11-12,15H2,1-4H3,(H,26,28)/t20-/m1/s1. The predicted octanol–water partition coefficient (Wildman–Crippen LogP) is 5.21. The first-order valence-electron chi connectivity index (χ1n) is 11.0. The van der Waals surface area contributed by atoms with Crippen LogP contribution in [0.1, 0.15) is 77.0 Å². The van der Waals surface area contributed by atoms with Gasteiger partial charge in [-0.2, -0.15) is 0 Å². The normalized spacial score (nSPS) is 16.3. The number of fused-ring (bicyclic) bond motifs is 1. The van der Waals surface area contributed by atoms with Gasteiger partial charge in [0.25, 0.3) is 0 Å². The van der Waals surface area contributed by atoms with Crippen molar-refractivity contribution in [1.82, 2.24) is 10.3 Å². The number of aromatic amines is 1. The Morgan fingerprint density at radius 1 is 1.17 bits per heavy atom. The summed E-state index contributed by atoms with van der Waals surface area (Å²) in [5, 5.41) is 3.84. The molecule has 1 heterocycles. The van der Waals surface area contributed by atoms with E-state index in [1.807, 2.05) is 12.1 Å². The van der Waals surface area contributed by atoms with E-state index in [1.165, 1.54) is 25.0 Å². The summed E-state index contributed by atoms with van der Waals surface area (Å²) in [6, 6.07) is 7.34. The number of carbonyl (C=O) groups is 2. The first kappa shape index (κ1) is 22.2. The van der Waals surface area contributed by atoms with Crippen LogP contribution in [-0.4, -0.2) is 35.3 Å². The van der Waals surface area contributed by atoms with Gasteiger partial charge in [-0.05, 0) is 58.1 Å². The van der Waals surface area contributed by atoms with E-state index < -0.39 is 23.7 Å². The number of aromatic nitrogens is 1. The van der Waals surface area contributed by atoms with E-state index in [1.54, 1.807) is 27.7 Å². The quantitative estimate of drug-likeness (QED) is 0.636. The molecule has 30 heavy (non-hydrogen) atoms. The first-order valence-corrected chi connectivity index (χ1v) is 11.0. The fraction of sp³-hybridized carbons (Fsp3) is 0.583. The van der Waals surface area contributed by atoms with E-state index in [0.717, 1.165) is 29.3 Å². The highest BCUT2D eigenvalue weighted by molar-refractivity contribution is 5.87. The fourth-order valence-electron chi connectivity index (χ4n) is 4.27. The van der Waals surface area contributed by atoms with Gasteiger partial charge in [0.15, 0.2) is 0 Å². The molecule has 0 unspecified atom stereocenters. The molecule has 2 aromatic rings. The van der Waals surface area contributed by atoms with Gasteiger partial charge in [0, 0.05) is 23.0 Å². The maximum absolute atomic E-state index is 12.7. The summed E-state index contributed by atoms with van der Waals surface area (Å²) in [4.78, 5) is 28.7. The van der Waals surface area contributed by atoms with Crippen LogP contribution in [0, 0.1) is 0 Å². The molecule has 3 rings (SSSR count). The summed E-state index contributed by atoms with van der Waals surface area (Å²) in [5.74, 6) is 0.00811. The third kappa shape index (κ3) is 5.55. The molecule has 1 atom stereocenters. The van der Waals surface area contributed by atoms with Crippen molar-refractivity contribution in [3.8, 4) is 0 Å². The van der Waals surface area contributed by atoms with Crippen molar-refractivity contribution in [2.75, 3.05) is 6.61 Å². The molecule has 0 spiro atoms. The molecule has 1 aromatic carbocycles. The summed E-state index contributed by atoms with van der Waals surface area (Å²) < 4.78 is 10.6. The Kier molecular flexibility index (Phi) is 7.06. The molecule has 1 saturated carbocycles. The van der Waals surface area contributed by atoms with Gasteiger partial charge in [-0.1, -0.05) is 37.5 Å². The van der Waals surface area contributed by atoms with Crippen LogP contribution in [0.25, 0.3) is 10.9 Å². The summed E-state index contributed by atoms with van der Waals surface area (Å²) in [7, 11) is 0. The number of nitrogens with one attached hydrogen (secondary N) is 2. The highest BCUT2D eigenvalue weighted by atomic mass is 16.6. The minimum absolute atomic E-state index is 0.259. The first-order chi connectivity index (χ1) is 14.3. The molecule has 0 radical (unpaired) electrons. The van der Waals surface area contributed by atoms with Gasteiger partial charge in [0.05, 0.1) is 6.61 Å². The van der Waals surface area contributed by atoms with Crippen LogP contribution in [-0.2, 0) is 20.7 Å². The third-order valence-corrected chi connectivity index (χ3v) is 5.53. The lowest BCUT2D eigenvalue weighted by Gasteiger charge is -2.25. The van der Waals surface area contributed by atoms with Gasteiger partial charge in [-0.25, -0.2) is 9.59 Å². The van der Waals surface area contributed by atoms with Crippen molar-refractivity contribution < 1.29 is 19.1 Å². The second kappa shape index (κ2) is 9.54. The number of esters is 1. The molecule has 1 aromatic heterocycles. The van der Waals surface area contributed by atoms with Gasteiger partial charge in [-0.3, -0.25) is 0 Å². The van der Waals surface area contributed by atoms with E-state index in [-0.39, 0.29) is 6.61 Å². The lowest BCUT2D eigenvalue weighted by molar-refractivity contribution is -0.145. The fourth-order valence-corrected chi connectivity index (χ4v) is 4.27.